The summed E-state index contributed by atoms with van der Waals surface area (Å²) in [5, 5.41) is 1.000. The van der Waals surface area contributed by atoms with Crippen LogP contribution in [0, 0.1) is 6.92 Å². The van der Waals surface area contributed by atoms with Gasteiger partial charge in [0.2, 0.25) is 0 Å². The molecular weight excluding hydrogens is 326 g/mol. The van der Waals surface area contributed by atoms with Crippen molar-refractivity contribution in [3.8, 4) is 0 Å². The second-order valence-electron chi connectivity index (χ2n) is 5.19. The Bertz CT molecular complexity index is 832. The molecule has 0 aliphatic heterocycles. The van der Waals surface area contributed by atoms with Gasteiger partial charge in [-0.05, 0) is 42.7 Å². The minimum absolute atomic E-state index is 0.0603. The summed E-state index contributed by atoms with van der Waals surface area (Å²) in [6.07, 6.45) is 2.77. The van der Waals surface area contributed by atoms with E-state index in [1.807, 2.05) is 43.5 Å². The molecule has 0 saturated heterocycles. The second kappa shape index (κ2) is 5.49. The Morgan fingerprint density at radius 1 is 1.24 bits per heavy atom. The monoisotopic (exact) mass is 341 g/mol. The number of aryl methyl sites for hydroxylation is 2. The van der Waals surface area contributed by atoms with Gasteiger partial charge in [0.05, 0.1) is 0 Å². The lowest BCUT2D eigenvalue weighted by molar-refractivity contribution is 0.104. The van der Waals surface area contributed by atoms with E-state index in [2.05, 4.69) is 33.9 Å². The number of hydrogen-bond acceptors (Lipinski definition) is 1. The average Bonchev–Trinajstić information content (AvgIpc) is 2.93. The number of benzene rings is 2. The largest absolute Gasteiger partial charge is 0.360 e. The zero-order chi connectivity index (χ0) is 15.0. The molecule has 3 rings (SSSR count). The summed E-state index contributed by atoms with van der Waals surface area (Å²) in [7, 11) is 0. The molecule has 0 amide bonds. The number of para-hydroxylation sites is 1. The molecule has 3 heteroatoms. The first-order chi connectivity index (χ1) is 10.1. The number of hydrogen-bond donors (Lipinski definition) is 1. The lowest BCUT2D eigenvalue weighted by Gasteiger charge is -2.04. The van der Waals surface area contributed by atoms with E-state index in [1.54, 1.807) is 0 Å². The average molecular weight is 342 g/mol. The third-order valence-electron chi connectivity index (χ3n) is 3.85. The molecule has 21 heavy (non-hydrogen) atoms. The molecule has 106 valence electrons. The molecule has 1 heterocycles. The van der Waals surface area contributed by atoms with E-state index in [-0.39, 0.29) is 5.78 Å². The Morgan fingerprint density at radius 2 is 2.05 bits per heavy atom. The molecule has 0 saturated carbocycles. The Kier molecular flexibility index (Phi) is 3.68. The van der Waals surface area contributed by atoms with Gasteiger partial charge in [0, 0.05) is 32.7 Å². The van der Waals surface area contributed by atoms with Crippen LogP contribution in [0.4, 0.5) is 0 Å². The number of fused-ring (bicyclic) bond motifs is 1. The summed E-state index contributed by atoms with van der Waals surface area (Å²) in [5.74, 6) is 0.0603. The van der Waals surface area contributed by atoms with Gasteiger partial charge in [-0.2, -0.15) is 0 Å². The fourth-order valence-corrected chi connectivity index (χ4v) is 2.89. The van der Waals surface area contributed by atoms with Gasteiger partial charge in [0.15, 0.2) is 5.78 Å². The highest BCUT2D eigenvalue weighted by Gasteiger charge is 2.15. The minimum Gasteiger partial charge on any atom is -0.360 e. The minimum atomic E-state index is 0.0603. The lowest BCUT2D eigenvalue weighted by Crippen LogP contribution is -2.01. The predicted molar refractivity (Wildman–Crippen MR) is 90.0 cm³/mol. The number of H-pyrrole nitrogens is 1. The molecular formula is C18H16BrNO. The van der Waals surface area contributed by atoms with E-state index < -0.39 is 0 Å². The maximum Gasteiger partial charge on any atom is 0.195 e. The van der Waals surface area contributed by atoms with Gasteiger partial charge in [0.25, 0.3) is 0 Å². The van der Waals surface area contributed by atoms with Crippen molar-refractivity contribution >= 4 is 32.6 Å². The molecule has 0 aliphatic rings. The van der Waals surface area contributed by atoms with Gasteiger partial charge in [-0.15, -0.1) is 0 Å². The summed E-state index contributed by atoms with van der Waals surface area (Å²) in [5.41, 5.74) is 4.83. The van der Waals surface area contributed by atoms with Gasteiger partial charge in [-0.25, -0.2) is 0 Å². The lowest BCUT2D eigenvalue weighted by atomic mass is 10.00. The van der Waals surface area contributed by atoms with E-state index in [4.69, 9.17) is 0 Å². The molecule has 0 spiro atoms. The first-order valence-corrected chi connectivity index (χ1v) is 7.81. The number of aromatic amines is 1. The van der Waals surface area contributed by atoms with Crippen molar-refractivity contribution in [2.75, 3.05) is 0 Å². The quantitative estimate of drug-likeness (QED) is 0.665. The van der Waals surface area contributed by atoms with Crippen LogP contribution in [0.3, 0.4) is 0 Å². The molecule has 1 N–H and O–H groups in total. The van der Waals surface area contributed by atoms with Crippen molar-refractivity contribution in [2.45, 2.75) is 20.3 Å². The molecule has 0 aliphatic carbocycles. The van der Waals surface area contributed by atoms with Crippen LogP contribution in [0.2, 0.25) is 0 Å². The van der Waals surface area contributed by atoms with E-state index in [0.717, 1.165) is 38.5 Å². The number of carbonyl (C=O) groups excluding carboxylic acids is 1. The smallest absolute Gasteiger partial charge is 0.195 e. The van der Waals surface area contributed by atoms with Gasteiger partial charge >= 0.3 is 0 Å². The van der Waals surface area contributed by atoms with E-state index in [1.165, 1.54) is 5.56 Å². The summed E-state index contributed by atoms with van der Waals surface area (Å²) < 4.78 is 1.02. The predicted octanol–water partition coefficient (Wildman–Crippen LogP) is 5.03. The first-order valence-electron chi connectivity index (χ1n) is 7.01. The van der Waals surface area contributed by atoms with E-state index >= 15 is 0 Å². The molecule has 0 unspecified atom stereocenters. The molecule has 2 nitrogen and oxygen atoms in total. The summed E-state index contributed by atoms with van der Waals surface area (Å²) in [6, 6.07) is 11.8. The Hall–Kier alpha value is -1.87. The molecule has 3 aromatic rings. The SMILES string of the molecule is CCc1cccc2c(C(=O)c3ccc(Br)c(C)c3)c[nH]c12. The van der Waals surface area contributed by atoms with Crippen molar-refractivity contribution in [1.82, 2.24) is 4.98 Å². The number of aromatic nitrogens is 1. The van der Waals surface area contributed by atoms with Crippen molar-refractivity contribution < 1.29 is 4.79 Å². The number of carbonyl (C=O) groups is 1. The second-order valence-corrected chi connectivity index (χ2v) is 6.04. The maximum absolute atomic E-state index is 12.7. The normalized spacial score (nSPS) is 11.0. The molecule has 2 aromatic carbocycles. The van der Waals surface area contributed by atoms with Crippen molar-refractivity contribution in [3.63, 3.8) is 0 Å². The summed E-state index contributed by atoms with van der Waals surface area (Å²) in [4.78, 5) is 16.0. The maximum atomic E-state index is 12.7. The van der Waals surface area contributed by atoms with Crippen molar-refractivity contribution in [2.24, 2.45) is 0 Å². The van der Waals surface area contributed by atoms with Gasteiger partial charge in [-0.3, -0.25) is 4.79 Å². The highest BCUT2D eigenvalue weighted by molar-refractivity contribution is 9.10. The number of rotatable bonds is 3. The highest BCUT2D eigenvalue weighted by Crippen LogP contribution is 2.25. The van der Waals surface area contributed by atoms with Crippen molar-refractivity contribution in [3.05, 3.63) is 69.3 Å². The highest BCUT2D eigenvalue weighted by atomic mass is 79.9. The Balaban J connectivity index is 2.11. The molecule has 1 aromatic heterocycles. The van der Waals surface area contributed by atoms with E-state index in [0.29, 0.717) is 0 Å². The van der Waals surface area contributed by atoms with Crippen LogP contribution in [-0.2, 0) is 6.42 Å². The van der Waals surface area contributed by atoms with Crippen LogP contribution in [-0.4, -0.2) is 10.8 Å². The molecule has 0 atom stereocenters. The van der Waals surface area contributed by atoms with E-state index in [9.17, 15) is 4.79 Å². The van der Waals surface area contributed by atoms with Crippen LogP contribution >= 0.6 is 15.9 Å². The molecule has 0 bridgehead atoms. The standard InChI is InChI=1S/C18H16BrNO/c1-3-12-5-4-6-14-15(10-20-17(12)14)18(21)13-7-8-16(19)11(2)9-13/h4-10,20H,3H2,1-2H3. The van der Waals surface area contributed by atoms with Crippen LogP contribution in [0.25, 0.3) is 10.9 Å². The zero-order valence-electron chi connectivity index (χ0n) is 12.0. The Morgan fingerprint density at radius 3 is 2.76 bits per heavy atom. The third kappa shape index (κ3) is 2.42. The van der Waals surface area contributed by atoms with Gasteiger partial charge in [-0.1, -0.05) is 41.1 Å². The topological polar surface area (TPSA) is 32.9 Å². The zero-order valence-corrected chi connectivity index (χ0v) is 13.6. The van der Waals surface area contributed by atoms with Gasteiger partial charge < -0.3 is 4.98 Å². The summed E-state index contributed by atoms with van der Waals surface area (Å²) in [6.45, 7) is 4.11. The fourth-order valence-electron chi connectivity index (χ4n) is 2.64. The number of nitrogens with one attached hydrogen (secondary N) is 1. The summed E-state index contributed by atoms with van der Waals surface area (Å²) >= 11 is 3.47. The molecule has 0 fully saturated rings. The van der Waals surface area contributed by atoms with Gasteiger partial charge in [0.1, 0.15) is 0 Å². The Labute approximate surface area is 132 Å². The van der Waals surface area contributed by atoms with Crippen LogP contribution in [0.15, 0.2) is 47.1 Å². The van der Waals surface area contributed by atoms with Crippen LogP contribution in [0.5, 0.6) is 0 Å². The van der Waals surface area contributed by atoms with Crippen LogP contribution < -0.4 is 0 Å². The number of ketones is 1. The first kappa shape index (κ1) is 14.1. The fraction of sp³-hybridized carbons (Fsp3) is 0.167. The van der Waals surface area contributed by atoms with Crippen LogP contribution in [0.1, 0.15) is 34.0 Å². The molecule has 0 radical (unpaired) electrons. The number of halogens is 1. The van der Waals surface area contributed by atoms with Crippen molar-refractivity contribution in [1.29, 1.82) is 0 Å². The third-order valence-corrected chi connectivity index (χ3v) is 4.74.